The number of amides is 3. The zero-order valence-corrected chi connectivity index (χ0v) is 15.7. The topological polar surface area (TPSA) is 69.7 Å². The number of benzene rings is 2. The Morgan fingerprint density at radius 2 is 1.70 bits per heavy atom. The first-order valence-electron chi connectivity index (χ1n) is 8.62. The molecule has 6 nitrogen and oxygen atoms in total. The number of nitrogens with one attached hydrogen (secondary N) is 1. The van der Waals surface area contributed by atoms with Crippen molar-refractivity contribution in [3.63, 3.8) is 0 Å². The molecule has 3 rings (SSSR count). The second-order valence-corrected chi connectivity index (χ2v) is 6.88. The van der Waals surface area contributed by atoms with Gasteiger partial charge in [-0.2, -0.15) is 0 Å². The first-order valence-corrected chi connectivity index (χ1v) is 9.00. The molecule has 1 heterocycles. The van der Waals surface area contributed by atoms with Gasteiger partial charge in [0.2, 0.25) is 5.91 Å². The minimum atomic E-state index is -0.657. The fourth-order valence-electron chi connectivity index (χ4n) is 2.91. The molecular weight excluding hydrogens is 366 g/mol. The second-order valence-electron chi connectivity index (χ2n) is 6.45. The quantitative estimate of drug-likeness (QED) is 0.804. The monoisotopic (exact) mass is 385 g/mol. The van der Waals surface area contributed by atoms with Crippen molar-refractivity contribution in [3.8, 4) is 0 Å². The van der Waals surface area contributed by atoms with Gasteiger partial charge in [0, 0.05) is 30.3 Å². The lowest BCUT2D eigenvalue weighted by atomic mass is 10.2. The molecule has 1 aliphatic rings. The molecule has 0 aliphatic carbocycles. The summed E-state index contributed by atoms with van der Waals surface area (Å²) in [7, 11) is 0. The molecule has 2 aromatic carbocycles. The maximum Gasteiger partial charge on any atom is 0.312 e. The van der Waals surface area contributed by atoms with Crippen molar-refractivity contribution in [1.29, 1.82) is 0 Å². The Kier molecular flexibility index (Phi) is 5.76. The molecule has 0 unspecified atom stereocenters. The summed E-state index contributed by atoms with van der Waals surface area (Å²) in [6.45, 7) is 2.77. The van der Waals surface area contributed by atoms with E-state index in [9.17, 15) is 14.4 Å². The normalized spacial score (nSPS) is 14.4. The number of hydrogen-bond donors (Lipinski definition) is 1. The van der Waals surface area contributed by atoms with E-state index in [1.807, 2.05) is 37.3 Å². The van der Waals surface area contributed by atoms with Crippen LogP contribution in [-0.4, -0.2) is 47.2 Å². The first kappa shape index (κ1) is 18.9. The first-order chi connectivity index (χ1) is 12.9. The molecule has 0 saturated carbocycles. The number of anilines is 1. The predicted octanol–water partition coefficient (Wildman–Crippen LogP) is 2.46. The van der Waals surface area contributed by atoms with E-state index < -0.39 is 11.8 Å². The zero-order chi connectivity index (χ0) is 19.4. The third-order valence-electron chi connectivity index (χ3n) is 4.42. The highest BCUT2D eigenvalue weighted by Gasteiger charge is 2.33. The van der Waals surface area contributed by atoms with E-state index in [4.69, 9.17) is 11.6 Å². The summed E-state index contributed by atoms with van der Waals surface area (Å²) in [6.07, 6.45) is 0. The smallest absolute Gasteiger partial charge is 0.312 e. The van der Waals surface area contributed by atoms with Gasteiger partial charge in [0.05, 0.1) is 0 Å². The van der Waals surface area contributed by atoms with Gasteiger partial charge in [-0.1, -0.05) is 48.0 Å². The molecule has 0 radical (unpaired) electrons. The summed E-state index contributed by atoms with van der Waals surface area (Å²) in [4.78, 5) is 39.8. The molecule has 1 aliphatic heterocycles. The molecule has 2 aromatic rings. The molecule has 1 saturated heterocycles. The number of piperazine rings is 1. The van der Waals surface area contributed by atoms with Crippen LogP contribution in [0, 0.1) is 6.92 Å². The Bertz CT molecular complexity index is 870. The Hall–Kier alpha value is -2.86. The van der Waals surface area contributed by atoms with Gasteiger partial charge < -0.3 is 15.1 Å². The molecule has 7 heteroatoms. The van der Waals surface area contributed by atoms with Crippen LogP contribution in [0.25, 0.3) is 0 Å². The summed E-state index contributed by atoms with van der Waals surface area (Å²) in [6, 6.07) is 14.7. The zero-order valence-electron chi connectivity index (χ0n) is 14.9. The predicted molar refractivity (Wildman–Crippen MR) is 103 cm³/mol. The SMILES string of the molecule is Cc1ccc(Cl)cc1NC(=O)CN1CCN(Cc2ccccc2)C(=O)C1=O. The van der Waals surface area contributed by atoms with E-state index in [1.165, 1.54) is 9.80 Å². The van der Waals surface area contributed by atoms with E-state index in [1.54, 1.807) is 18.2 Å². The highest BCUT2D eigenvalue weighted by Crippen LogP contribution is 2.20. The Morgan fingerprint density at radius 1 is 1.04 bits per heavy atom. The second kappa shape index (κ2) is 8.22. The maximum atomic E-state index is 12.4. The van der Waals surface area contributed by atoms with E-state index in [2.05, 4.69) is 5.32 Å². The highest BCUT2D eigenvalue weighted by atomic mass is 35.5. The lowest BCUT2D eigenvalue weighted by molar-refractivity contribution is -0.157. The van der Waals surface area contributed by atoms with Crippen molar-refractivity contribution in [3.05, 3.63) is 64.7 Å². The number of nitrogens with zero attached hydrogens (tertiary/aromatic N) is 2. The molecular formula is C20H20ClN3O3. The van der Waals surface area contributed by atoms with Gasteiger partial charge in [-0.25, -0.2) is 0 Å². The standard InChI is InChI=1S/C20H20ClN3O3/c1-14-7-8-16(21)11-17(14)22-18(25)13-24-10-9-23(19(26)20(24)27)12-15-5-3-2-4-6-15/h2-8,11H,9-10,12-13H2,1H3,(H,22,25). The van der Waals surface area contributed by atoms with Gasteiger partial charge in [0.1, 0.15) is 6.54 Å². The summed E-state index contributed by atoms with van der Waals surface area (Å²) in [5, 5.41) is 3.25. The van der Waals surface area contributed by atoms with E-state index >= 15 is 0 Å². The lowest BCUT2D eigenvalue weighted by Crippen LogP contribution is -2.55. The van der Waals surface area contributed by atoms with Crippen LogP contribution in [0.5, 0.6) is 0 Å². The van der Waals surface area contributed by atoms with Crippen LogP contribution in [0.3, 0.4) is 0 Å². The maximum absolute atomic E-state index is 12.4. The van der Waals surface area contributed by atoms with E-state index in [0.29, 0.717) is 30.3 Å². The van der Waals surface area contributed by atoms with Crippen molar-refractivity contribution in [2.45, 2.75) is 13.5 Å². The molecule has 0 aromatic heterocycles. The Balaban J connectivity index is 1.59. The molecule has 140 valence electrons. The average Bonchev–Trinajstić information content (AvgIpc) is 2.65. The molecule has 0 atom stereocenters. The number of carbonyl (C=O) groups excluding carboxylic acids is 3. The van der Waals surface area contributed by atoms with Gasteiger partial charge >= 0.3 is 11.8 Å². The number of halogens is 1. The number of rotatable bonds is 5. The van der Waals surface area contributed by atoms with Crippen molar-refractivity contribution >= 4 is 35.0 Å². The molecule has 1 N–H and O–H groups in total. The van der Waals surface area contributed by atoms with E-state index in [-0.39, 0.29) is 12.5 Å². The van der Waals surface area contributed by atoms with Crippen LogP contribution < -0.4 is 5.32 Å². The van der Waals surface area contributed by atoms with Crippen molar-refractivity contribution in [2.24, 2.45) is 0 Å². The van der Waals surface area contributed by atoms with Crippen LogP contribution in [0.15, 0.2) is 48.5 Å². The van der Waals surface area contributed by atoms with Crippen LogP contribution in [0.4, 0.5) is 5.69 Å². The average molecular weight is 386 g/mol. The highest BCUT2D eigenvalue weighted by molar-refractivity contribution is 6.35. The molecule has 27 heavy (non-hydrogen) atoms. The summed E-state index contributed by atoms with van der Waals surface area (Å²) >= 11 is 5.95. The van der Waals surface area contributed by atoms with E-state index in [0.717, 1.165) is 11.1 Å². The van der Waals surface area contributed by atoms with Gasteiger partial charge in [-0.15, -0.1) is 0 Å². The Labute approximate surface area is 162 Å². The lowest BCUT2D eigenvalue weighted by Gasteiger charge is -2.33. The summed E-state index contributed by atoms with van der Waals surface area (Å²) in [5.74, 6) is -1.61. The number of carbonyl (C=O) groups is 3. The largest absolute Gasteiger partial charge is 0.328 e. The van der Waals surface area contributed by atoms with Crippen LogP contribution in [0.2, 0.25) is 5.02 Å². The van der Waals surface area contributed by atoms with Gasteiger partial charge in [0.15, 0.2) is 0 Å². The van der Waals surface area contributed by atoms with Crippen molar-refractivity contribution < 1.29 is 14.4 Å². The summed E-state index contributed by atoms with van der Waals surface area (Å²) in [5.41, 5.74) is 2.41. The minimum Gasteiger partial charge on any atom is -0.328 e. The number of aryl methyl sites for hydroxylation is 1. The van der Waals surface area contributed by atoms with Gasteiger partial charge in [-0.05, 0) is 30.2 Å². The fourth-order valence-corrected chi connectivity index (χ4v) is 3.08. The fraction of sp³-hybridized carbons (Fsp3) is 0.250. The van der Waals surface area contributed by atoms with Gasteiger partial charge in [-0.3, -0.25) is 14.4 Å². The molecule has 0 bridgehead atoms. The Morgan fingerprint density at radius 3 is 2.44 bits per heavy atom. The third-order valence-corrected chi connectivity index (χ3v) is 4.66. The van der Waals surface area contributed by atoms with Crippen LogP contribution in [-0.2, 0) is 20.9 Å². The third kappa shape index (κ3) is 4.65. The van der Waals surface area contributed by atoms with Crippen molar-refractivity contribution in [1.82, 2.24) is 9.80 Å². The summed E-state index contributed by atoms with van der Waals surface area (Å²) < 4.78 is 0. The minimum absolute atomic E-state index is 0.171. The van der Waals surface area contributed by atoms with Crippen LogP contribution in [0.1, 0.15) is 11.1 Å². The van der Waals surface area contributed by atoms with Crippen molar-refractivity contribution in [2.75, 3.05) is 25.0 Å². The molecule has 0 spiro atoms. The van der Waals surface area contributed by atoms with Crippen LogP contribution >= 0.6 is 11.6 Å². The molecule has 1 fully saturated rings. The van der Waals surface area contributed by atoms with Gasteiger partial charge in [0.25, 0.3) is 0 Å². The number of hydrogen-bond acceptors (Lipinski definition) is 3. The molecule has 3 amide bonds.